The quantitative estimate of drug-likeness (QED) is 0.805. The van der Waals surface area contributed by atoms with Gasteiger partial charge >= 0.3 is 0 Å². The van der Waals surface area contributed by atoms with Crippen molar-refractivity contribution in [3.8, 4) is 0 Å². The highest BCUT2D eigenvalue weighted by Crippen LogP contribution is 2.17. The Labute approximate surface area is 102 Å². The van der Waals surface area contributed by atoms with Crippen LogP contribution in [0.25, 0.3) is 0 Å². The molecule has 0 atom stereocenters. The number of hydrogen-bond donors (Lipinski definition) is 1. The fourth-order valence-electron chi connectivity index (χ4n) is 1.28. The standard InChI is InChI=1S/C13H18ClNO/c1-10-6-4-5-7-11(10)8-15-12(16)13(2,3)9-14/h4-7H,8-9H2,1-3H3,(H,15,16). The van der Waals surface area contributed by atoms with Crippen molar-refractivity contribution < 1.29 is 4.79 Å². The minimum Gasteiger partial charge on any atom is -0.352 e. The molecule has 16 heavy (non-hydrogen) atoms. The number of amides is 1. The Kier molecular flexibility index (Phi) is 4.36. The van der Waals surface area contributed by atoms with Crippen molar-refractivity contribution in [2.24, 2.45) is 5.41 Å². The number of aryl methyl sites for hydroxylation is 1. The monoisotopic (exact) mass is 239 g/mol. The summed E-state index contributed by atoms with van der Waals surface area (Å²) in [7, 11) is 0. The molecule has 0 radical (unpaired) electrons. The molecule has 0 bridgehead atoms. The van der Waals surface area contributed by atoms with Crippen LogP contribution < -0.4 is 5.32 Å². The fourth-order valence-corrected chi connectivity index (χ4v) is 1.41. The van der Waals surface area contributed by atoms with Gasteiger partial charge in [0.25, 0.3) is 0 Å². The van der Waals surface area contributed by atoms with Gasteiger partial charge < -0.3 is 5.32 Å². The molecule has 0 aliphatic heterocycles. The summed E-state index contributed by atoms with van der Waals surface area (Å²) < 4.78 is 0. The molecule has 3 heteroatoms. The summed E-state index contributed by atoms with van der Waals surface area (Å²) in [5.74, 6) is 0.317. The molecule has 1 aromatic carbocycles. The van der Waals surface area contributed by atoms with Gasteiger partial charge in [0.15, 0.2) is 0 Å². The van der Waals surface area contributed by atoms with E-state index in [0.717, 1.165) is 5.56 Å². The normalized spacial score (nSPS) is 11.2. The van der Waals surface area contributed by atoms with Crippen LogP contribution in [-0.4, -0.2) is 11.8 Å². The number of alkyl halides is 1. The lowest BCUT2D eigenvalue weighted by Gasteiger charge is -2.20. The van der Waals surface area contributed by atoms with Crippen molar-refractivity contribution in [1.29, 1.82) is 0 Å². The lowest BCUT2D eigenvalue weighted by molar-refractivity contribution is -0.128. The Morgan fingerprint density at radius 2 is 2.00 bits per heavy atom. The molecule has 0 saturated heterocycles. The molecule has 0 saturated carbocycles. The molecular formula is C13H18ClNO. The minimum absolute atomic E-state index is 0.00856. The predicted octanol–water partition coefficient (Wildman–Crippen LogP) is 2.88. The van der Waals surface area contributed by atoms with Crippen molar-refractivity contribution in [3.63, 3.8) is 0 Å². The van der Waals surface area contributed by atoms with Gasteiger partial charge in [-0.1, -0.05) is 24.3 Å². The van der Waals surface area contributed by atoms with Crippen molar-refractivity contribution in [2.45, 2.75) is 27.3 Å². The zero-order valence-corrected chi connectivity index (χ0v) is 10.8. The average Bonchev–Trinajstić information content (AvgIpc) is 2.27. The lowest BCUT2D eigenvalue weighted by Crippen LogP contribution is -2.37. The van der Waals surface area contributed by atoms with Crippen LogP contribution in [0.5, 0.6) is 0 Å². The van der Waals surface area contributed by atoms with E-state index in [4.69, 9.17) is 11.6 Å². The van der Waals surface area contributed by atoms with Crippen LogP contribution in [0.2, 0.25) is 0 Å². The van der Waals surface area contributed by atoms with E-state index in [2.05, 4.69) is 5.32 Å². The molecule has 0 unspecified atom stereocenters. The SMILES string of the molecule is Cc1ccccc1CNC(=O)C(C)(C)CCl. The third kappa shape index (κ3) is 3.24. The summed E-state index contributed by atoms with van der Waals surface area (Å²) in [5.41, 5.74) is 1.82. The largest absolute Gasteiger partial charge is 0.352 e. The first-order valence-electron chi connectivity index (χ1n) is 5.36. The number of rotatable bonds is 4. The maximum Gasteiger partial charge on any atom is 0.227 e. The van der Waals surface area contributed by atoms with Gasteiger partial charge in [-0.3, -0.25) is 4.79 Å². The third-order valence-electron chi connectivity index (χ3n) is 2.65. The second-order valence-electron chi connectivity index (χ2n) is 4.63. The van der Waals surface area contributed by atoms with Gasteiger partial charge in [-0.25, -0.2) is 0 Å². The van der Waals surface area contributed by atoms with Crippen LogP contribution in [0, 0.1) is 12.3 Å². The summed E-state index contributed by atoms with van der Waals surface area (Å²) >= 11 is 5.74. The van der Waals surface area contributed by atoms with Gasteiger partial charge in [-0.2, -0.15) is 0 Å². The molecule has 0 aromatic heterocycles. The first-order chi connectivity index (χ1) is 7.47. The predicted molar refractivity (Wildman–Crippen MR) is 67.5 cm³/mol. The zero-order valence-electron chi connectivity index (χ0n) is 10.0. The van der Waals surface area contributed by atoms with E-state index < -0.39 is 5.41 Å². The number of halogens is 1. The summed E-state index contributed by atoms with van der Waals surface area (Å²) in [4.78, 5) is 11.8. The summed E-state index contributed by atoms with van der Waals surface area (Å²) in [6.45, 7) is 6.28. The molecule has 1 rings (SSSR count). The molecule has 0 fully saturated rings. The van der Waals surface area contributed by atoms with Gasteiger partial charge in [0.1, 0.15) is 0 Å². The molecule has 1 amide bonds. The smallest absolute Gasteiger partial charge is 0.227 e. The zero-order chi connectivity index (χ0) is 12.2. The highest BCUT2D eigenvalue weighted by Gasteiger charge is 2.25. The average molecular weight is 240 g/mol. The first kappa shape index (κ1) is 13.0. The number of nitrogens with one attached hydrogen (secondary N) is 1. The Bertz CT molecular complexity index is 374. The summed E-state index contributed by atoms with van der Waals surface area (Å²) in [6.07, 6.45) is 0. The van der Waals surface area contributed by atoms with Crippen LogP contribution in [0.1, 0.15) is 25.0 Å². The molecule has 1 aromatic rings. The molecular weight excluding hydrogens is 222 g/mol. The molecule has 0 aliphatic carbocycles. The Balaban J connectivity index is 2.59. The van der Waals surface area contributed by atoms with Crippen LogP contribution in [0.3, 0.4) is 0 Å². The van der Waals surface area contributed by atoms with E-state index >= 15 is 0 Å². The highest BCUT2D eigenvalue weighted by atomic mass is 35.5. The maximum atomic E-state index is 11.8. The number of carbonyl (C=O) groups is 1. The van der Waals surface area contributed by atoms with Gasteiger partial charge in [0.2, 0.25) is 5.91 Å². The van der Waals surface area contributed by atoms with Gasteiger partial charge in [-0.05, 0) is 31.9 Å². The summed E-state index contributed by atoms with van der Waals surface area (Å²) in [6, 6.07) is 8.02. The maximum absolute atomic E-state index is 11.8. The molecule has 1 N–H and O–H groups in total. The van der Waals surface area contributed by atoms with Crippen LogP contribution >= 0.6 is 11.6 Å². The molecule has 0 spiro atoms. The van der Waals surface area contributed by atoms with Crippen molar-refractivity contribution >= 4 is 17.5 Å². The fraction of sp³-hybridized carbons (Fsp3) is 0.462. The molecule has 2 nitrogen and oxygen atoms in total. The van der Waals surface area contributed by atoms with E-state index in [1.165, 1.54) is 5.56 Å². The second-order valence-corrected chi connectivity index (χ2v) is 4.89. The van der Waals surface area contributed by atoms with Crippen molar-refractivity contribution in [3.05, 3.63) is 35.4 Å². The first-order valence-corrected chi connectivity index (χ1v) is 5.89. The Morgan fingerprint density at radius 1 is 1.38 bits per heavy atom. The highest BCUT2D eigenvalue weighted by molar-refractivity contribution is 6.19. The number of benzene rings is 1. The molecule has 0 aliphatic rings. The number of hydrogen-bond acceptors (Lipinski definition) is 1. The second kappa shape index (κ2) is 5.35. The van der Waals surface area contributed by atoms with Crippen LogP contribution in [0.15, 0.2) is 24.3 Å². The van der Waals surface area contributed by atoms with Gasteiger partial charge in [0, 0.05) is 12.4 Å². The van der Waals surface area contributed by atoms with E-state index in [9.17, 15) is 4.79 Å². The van der Waals surface area contributed by atoms with Crippen molar-refractivity contribution in [1.82, 2.24) is 5.32 Å². The molecule has 0 heterocycles. The topological polar surface area (TPSA) is 29.1 Å². The number of carbonyl (C=O) groups excluding carboxylic acids is 1. The van der Waals surface area contributed by atoms with Crippen LogP contribution in [-0.2, 0) is 11.3 Å². The Hall–Kier alpha value is -1.02. The van der Waals surface area contributed by atoms with Gasteiger partial charge in [0.05, 0.1) is 5.41 Å². The third-order valence-corrected chi connectivity index (χ3v) is 3.32. The van der Waals surface area contributed by atoms with E-state index in [1.54, 1.807) is 0 Å². The lowest BCUT2D eigenvalue weighted by atomic mass is 9.95. The minimum atomic E-state index is -0.510. The van der Waals surface area contributed by atoms with Crippen LogP contribution in [0.4, 0.5) is 0 Å². The van der Waals surface area contributed by atoms with E-state index in [-0.39, 0.29) is 5.91 Å². The van der Waals surface area contributed by atoms with E-state index in [1.807, 2.05) is 45.0 Å². The van der Waals surface area contributed by atoms with Gasteiger partial charge in [-0.15, -0.1) is 11.6 Å². The molecule has 88 valence electrons. The van der Waals surface area contributed by atoms with E-state index in [0.29, 0.717) is 12.4 Å². The summed E-state index contributed by atoms with van der Waals surface area (Å²) in [5, 5.41) is 2.91. The van der Waals surface area contributed by atoms with Crippen molar-refractivity contribution in [2.75, 3.05) is 5.88 Å². The Morgan fingerprint density at radius 3 is 2.56 bits per heavy atom.